The molecule has 0 spiro atoms. The van der Waals surface area contributed by atoms with Crippen LogP contribution in [0.3, 0.4) is 0 Å². The number of amides is 1. The van der Waals surface area contributed by atoms with Gasteiger partial charge in [-0.3, -0.25) is 14.9 Å². The number of hydrogen-bond donors (Lipinski definition) is 2. The van der Waals surface area contributed by atoms with Crippen LogP contribution in [0.5, 0.6) is 11.5 Å². The molecule has 0 aromatic heterocycles. The molecule has 2 aromatic carbocycles. The molecular formula is C17H11Cl2N3O5S. The number of phenols is 1. The summed E-state index contributed by atoms with van der Waals surface area (Å²) >= 11 is 13.0. The van der Waals surface area contributed by atoms with Gasteiger partial charge in [-0.2, -0.15) is 0 Å². The lowest BCUT2D eigenvalue weighted by molar-refractivity contribution is -0.385. The van der Waals surface area contributed by atoms with E-state index in [9.17, 15) is 20.0 Å². The zero-order valence-electron chi connectivity index (χ0n) is 14.1. The molecule has 1 heterocycles. The van der Waals surface area contributed by atoms with Crippen molar-refractivity contribution < 1.29 is 19.6 Å². The number of methoxy groups -OCH3 is 1. The van der Waals surface area contributed by atoms with Gasteiger partial charge in [0, 0.05) is 11.6 Å². The quantitative estimate of drug-likeness (QED) is 0.411. The molecule has 1 fully saturated rings. The van der Waals surface area contributed by atoms with Crippen molar-refractivity contribution in [1.29, 1.82) is 0 Å². The molecule has 0 aliphatic carbocycles. The zero-order chi connectivity index (χ0) is 20.4. The molecular weight excluding hydrogens is 429 g/mol. The van der Waals surface area contributed by atoms with Crippen LogP contribution in [0.15, 0.2) is 40.2 Å². The molecule has 1 aliphatic rings. The molecule has 1 amide bonds. The van der Waals surface area contributed by atoms with Gasteiger partial charge in [0.05, 0.1) is 38.7 Å². The van der Waals surface area contributed by atoms with Gasteiger partial charge in [-0.25, -0.2) is 4.99 Å². The van der Waals surface area contributed by atoms with E-state index in [0.29, 0.717) is 10.7 Å². The molecule has 2 aromatic rings. The molecule has 2 N–H and O–H groups in total. The van der Waals surface area contributed by atoms with Crippen LogP contribution in [0.25, 0.3) is 6.08 Å². The van der Waals surface area contributed by atoms with E-state index in [4.69, 9.17) is 27.9 Å². The smallest absolute Gasteiger partial charge is 0.274 e. The molecule has 144 valence electrons. The fourth-order valence-electron chi connectivity index (χ4n) is 2.30. The first-order valence-electron chi connectivity index (χ1n) is 7.59. The van der Waals surface area contributed by atoms with Gasteiger partial charge in [-0.15, -0.1) is 0 Å². The van der Waals surface area contributed by atoms with E-state index in [1.807, 2.05) is 0 Å². The predicted octanol–water partition coefficient (Wildman–Crippen LogP) is 4.51. The number of thioether (sulfide) groups is 1. The van der Waals surface area contributed by atoms with Crippen molar-refractivity contribution in [3.63, 3.8) is 0 Å². The number of benzene rings is 2. The highest BCUT2D eigenvalue weighted by molar-refractivity contribution is 8.18. The summed E-state index contributed by atoms with van der Waals surface area (Å²) in [5.74, 6) is -0.881. The van der Waals surface area contributed by atoms with Crippen LogP contribution in [0.2, 0.25) is 10.0 Å². The fourth-order valence-corrected chi connectivity index (χ4v) is 3.46. The van der Waals surface area contributed by atoms with E-state index in [0.717, 1.165) is 23.9 Å². The van der Waals surface area contributed by atoms with E-state index in [2.05, 4.69) is 10.3 Å². The van der Waals surface area contributed by atoms with Crippen LogP contribution < -0.4 is 10.1 Å². The number of nitro benzene ring substituents is 1. The normalized spacial score (nSPS) is 16.5. The highest BCUT2D eigenvalue weighted by Crippen LogP contribution is 2.38. The number of ether oxygens (including phenoxy) is 1. The number of amidine groups is 1. The summed E-state index contributed by atoms with van der Waals surface area (Å²) in [6.45, 7) is 0. The first-order chi connectivity index (χ1) is 13.3. The van der Waals surface area contributed by atoms with Gasteiger partial charge in [0.15, 0.2) is 16.7 Å². The Morgan fingerprint density at radius 3 is 2.79 bits per heavy atom. The number of carbonyl (C=O) groups is 1. The van der Waals surface area contributed by atoms with E-state index in [1.54, 1.807) is 18.2 Å². The van der Waals surface area contributed by atoms with E-state index < -0.39 is 10.8 Å². The number of rotatable bonds is 4. The molecule has 0 radical (unpaired) electrons. The van der Waals surface area contributed by atoms with Crippen molar-refractivity contribution in [3.8, 4) is 11.5 Å². The summed E-state index contributed by atoms with van der Waals surface area (Å²) in [5.41, 5.74) is 0.147. The van der Waals surface area contributed by atoms with Crippen LogP contribution >= 0.6 is 35.0 Å². The van der Waals surface area contributed by atoms with Gasteiger partial charge in [0.1, 0.15) is 0 Å². The summed E-state index contributed by atoms with van der Waals surface area (Å²) < 4.78 is 4.95. The maximum Gasteiger partial charge on any atom is 0.274 e. The second kappa shape index (κ2) is 8.09. The van der Waals surface area contributed by atoms with E-state index >= 15 is 0 Å². The minimum atomic E-state index is -0.625. The van der Waals surface area contributed by atoms with Crippen LogP contribution in [0.4, 0.5) is 11.4 Å². The number of nitro groups is 1. The first-order valence-corrected chi connectivity index (χ1v) is 9.16. The van der Waals surface area contributed by atoms with Crippen molar-refractivity contribution in [2.45, 2.75) is 0 Å². The maximum absolute atomic E-state index is 12.2. The topological polar surface area (TPSA) is 114 Å². The fraction of sp³-hybridized carbons (Fsp3) is 0.0588. The predicted molar refractivity (Wildman–Crippen MR) is 109 cm³/mol. The van der Waals surface area contributed by atoms with Crippen molar-refractivity contribution >= 4 is 63.5 Å². The Labute approximate surface area is 173 Å². The molecule has 11 heteroatoms. The Hall–Kier alpha value is -2.75. The highest BCUT2D eigenvalue weighted by Gasteiger charge is 2.26. The summed E-state index contributed by atoms with van der Waals surface area (Å²) in [7, 11) is 1.27. The molecule has 1 aliphatic heterocycles. The number of carbonyl (C=O) groups excluding carboxylic acids is 1. The third-order valence-corrected chi connectivity index (χ3v) is 5.33. The average molecular weight is 440 g/mol. The van der Waals surface area contributed by atoms with Crippen LogP contribution in [-0.2, 0) is 4.79 Å². The molecule has 28 heavy (non-hydrogen) atoms. The lowest BCUT2D eigenvalue weighted by atomic mass is 10.1. The zero-order valence-corrected chi connectivity index (χ0v) is 16.4. The number of halogens is 2. The van der Waals surface area contributed by atoms with Gasteiger partial charge < -0.3 is 15.2 Å². The largest absolute Gasteiger partial charge is 0.504 e. The average Bonchev–Trinajstić information content (AvgIpc) is 2.99. The Kier molecular flexibility index (Phi) is 5.78. The molecule has 3 rings (SSSR count). The van der Waals surface area contributed by atoms with Gasteiger partial charge in [0.2, 0.25) is 0 Å². The number of aliphatic imine (C=N–C) groups is 1. The van der Waals surface area contributed by atoms with Gasteiger partial charge in [0.25, 0.3) is 11.6 Å². The van der Waals surface area contributed by atoms with Crippen molar-refractivity contribution in [3.05, 3.63) is 61.0 Å². The second-order valence-corrected chi connectivity index (χ2v) is 7.21. The van der Waals surface area contributed by atoms with Gasteiger partial charge >= 0.3 is 0 Å². The number of hydrogen-bond acceptors (Lipinski definition) is 7. The van der Waals surface area contributed by atoms with Crippen molar-refractivity contribution in [2.24, 2.45) is 4.99 Å². The van der Waals surface area contributed by atoms with E-state index in [1.165, 1.54) is 13.2 Å². The number of nitrogens with one attached hydrogen (secondary N) is 1. The second-order valence-electron chi connectivity index (χ2n) is 5.40. The SMILES string of the molecule is COc1cc([N+](=O)[O-])cc(/C=C2/SC(=Nc3cccc(Cl)c3Cl)NC2=O)c1O. The molecule has 0 bridgehead atoms. The summed E-state index contributed by atoms with van der Waals surface area (Å²) in [4.78, 5) is 27.1. The third kappa shape index (κ3) is 4.06. The minimum absolute atomic E-state index is 0.0609. The summed E-state index contributed by atoms with van der Waals surface area (Å²) in [5, 5.41) is 24.7. The Balaban J connectivity index is 1.97. The summed E-state index contributed by atoms with van der Waals surface area (Å²) in [6, 6.07) is 7.14. The number of aromatic hydroxyl groups is 1. The molecule has 0 atom stereocenters. The van der Waals surface area contributed by atoms with Crippen LogP contribution in [0, 0.1) is 10.1 Å². The monoisotopic (exact) mass is 439 g/mol. The Bertz CT molecular complexity index is 1060. The molecule has 1 saturated heterocycles. The molecule has 0 saturated carbocycles. The molecule has 0 unspecified atom stereocenters. The van der Waals surface area contributed by atoms with Crippen LogP contribution in [-0.4, -0.2) is 28.2 Å². The first kappa shape index (κ1) is 20.0. The lowest BCUT2D eigenvalue weighted by Crippen LogP contribution is -2.19. The van der Waals surface area contributed by atoms with Crippen molar-refractivity contribution in [1.82, 2.24) is 5.32 Å². The van der Waals surface area contributed by atoms with Crippen molar-refractivity contribution in [2.75, 3.05) is 7.11 Å². The number of nitrogens with zero attached hydrogens (tertiary/aromatic N) is 2. The standard InChI is InChI=1S/C17H11Cl2N3O5S/c1-27-12-7-9(22(25)26)5-8(15(12)23)6-13-16(24)21-17(28-13)20-11-4-2-3-10(18)14(11)19/h2-7,23H,1H3,(H,20,21,24)/b13-6+. The number of non-ortho nitro benzene ring substituents is 1. The highest BCUT2D eigenvalue weighted by atomic mass is 35.5. The molecule has 8 nitrogen and oxygen atoms in total. The minimum Gasteiger partial charge on any atom is -0.504 e. The summed E-state index contributed by atoms with van der Waals surface area (Å²) in [6.07, 6.45) is 1.31. The third-order valence-electron chi connectivity index (χ3n) is 3.61. The van der Waals surface area contributed by atoms with Gasteiger partial charge in [-0.1, -0.05) is 29.3 Å². The number of phenolic OH excluding ortho intramolecular Hbond substituents is 1. The van der Waals surface area contributed by atoms with Gasteiger partial charge in [-0.05, 0) is 30.0 Å². The maximum atomic E-state index is 12.2. The van der Waals surface area contributed by atoms with Crippen LogP contribution in [0.1, 0.15) is 5.56 Å². The Morgan fingerprint density at radius 1 is 1.36 bits per heavy atom. The van der Waals surface area contributed by atoms with E-state index in [-0.39, 0.29) is 37.8 Å². The lowest BCUT2D eigenvalue weighted by Gasteiger charge is -2.06. The Morgan fingerprint density at radius 2 is 2.11 bits per heavy atom.